The van der Waals surface area contributed by atoms with Crippen LogP contribution in [0.25, 0.3) is 0 Å². The summed E-state index contributed by atoms with van der Waals surface area (Å²) in [5.41, 5.74) is 7.52. The molecule has 25 heavy (non-hydrogen) atoms. The second kappa shape index (κ2) is 7.25. The van der Waals surface area contributed by atoms with E-state index in [0.29, 0.717) is 24.1 Å². The first-order valence-electron chi connectivity index (χ1n) is 7.94. The molecule has 7 nitrogen and oxygen atoms in total. The number of nitrogens with zero attached hydrogens (tertiary/aromatic N) is 3. The molecule has 1 aliphatic heterocycles. The number of anilines is 2. The average Bonchev–Trinajstić information content (AvgIpc) is 2.79. The summed E-state index contributed by atoms with van der Waals surface area (Å²) in [7, 11) is 0. The molecule has 2 aromatic rings. The molecule has 3 rings (SSSR count). The summed E-state index contributed by atoms with van der Waals surface area (Å²) >= 11 is 6.37. The van der Waals surface area contributed by atoms with Gasteiger partial charge in [0, 0.05) is 29.9 Å². The molecule has 3 N–H and O–H groups in total. The van der Waals surface area contributed by atoms with E-state index < -0.39 is 5.97 Å². The molecule has 1 fully saturated rings. The Kier molecular flexibility index (Phi) is 5.06. The number of hydrogen-bond donors (Lipinski definition) is 2. The van der Waals surface area contributed by atoms with Crippen molar-refractivity contribution in [2.24, 2.45) is 0 Å². The minimum absolute atomic E-state index is 0.150. The standard InChI is InChI=1S/C17H19ClN4O3/c1-10-7-15(21-17(19)20-10)22-5-2-6-25-9-14(22)12-4-3-11(16(23)24)8-13(12)18/h3-4,7-8,14H,2,5-6,9H2,1H3,(H,23,24)(H2,19,20,21). The maximum Gasteiger partial charge on any atom is 0.335 e. The molecule has 0 amide bonds. The number of nitrogen functional groups attached to an aromatic ring is 1. The van der Waals surface area contributed by atoms with Crippen molar-refractivity contribution in [1.82, 2.24) is 9.97 Å². The van der Waals surface area contributed by atoms with Crippen LogP contribution in [0.5, 0.6) is 0 Å². The Bertz CT molecular complexity index is 779. The van der Waals surface area contributed by atoms with Crippen LogP contribution >= 0.6 is 11.6 Å². The van der Waals surface area contributed by atoms with Gasteiger partial charge in [0.15, 0.2) is 0 Å². The molecule has 1 saturated heterocycles. The fourth-order valence-electron chi connectivity index (χ4n) is 2.96. The van der Waals surface area contributed by atoms with Gasteiger partial charge in [0.05, 0.1) is 18.2 Å². The SMILES string of the molecule is Cc1cc(N2CCCOCC2c2ccc(C(=O)O)cc2Cl)nc(N)n1. The number of carboxylic acids is 1. The molecular formula is C17H19ClN4O3. The van der Waals surface area contributed by atoms with Gasteiger partial charge in [0.25, 0.3) is 0 Å². The maximum atomic E-state index is 11.1. The first-order chi connectivity index (χ1) is 12.0. The van der Waals surface area contributed by atoms with Gasteiger partial charge in [-0.3, -0.25) is 0 Å². The van der Waals surface area contributed by atoms with E-state index in [2.05, 4.69) is 14.9 Å². The maximum absolute atomic E-state index is 11.1. The quantitative estimate of drug-likeness (QED) is 0.865. The number of nitrogens with two attached hydrogens (primary N) is 1. The smallest absolute Gasteiger partial charge is 0.335 e. The van der Waals surface area contributed by atoms with Crippen LogP contribution in [0.3, 0.4) is 0 Å². The Morgan fingerprint density at radius 3 is 2.88 bits per heavy atom. The molecule has 1 unspecified atom stereocenters. The van der Waals surface area contributed by atoms with Crippen molar-refractivity contribution in [3.63, 3.8) is 0 Å². The highest BCUT2D eigenvalue weighted by Gasteiger charge is 2.27. The molecule has 0 saturated carbocycles. The van der Waals surface area contributed by atoms with E-state index in [-0.39, 0.29) is 17.6 Å². The Labute approximate surface area is 150 Å². The number of hydrogen-bond acceptors (Lipinski definition) is 6. The highest BCUT2D eigenvalue weighted by Crippen LogP contribution is 2.33. The highest BCUT2D eigenvalue weighted by molar-refractivity contribution is 6.31. The molecule has 0 radical (unpaired) electrons. The van der Waals surface area contributed by atoms with Gasteiger partial charge in [0.1, 0.15) is 5.82 Å². The fourth-order valence-corrected chi connectivity index (χ4v) is 3.27. The Hall–Kier alpha value is -2.38. The molecule has 8 heteroatoms. The minimum atomic E-state index is -1.01. The number of carboxylic acid groups (broad SMARTS) is 1. The van der Waals surface area contributed by atoms with Gasteiger partial charge in [-0.1, -0.05) is 17.7 Å². The number of aryl methyl sites for hydroxylation is 1. The number of rotatable bonds is 3. The van der Waals surface area contributed by atoms with Crippen LogP contribution in [0.1, 0.15) is 34.1 Å². The van der Waals surface area contributed by atoms with Crippen molar-refractivity contribution in [2.45, 2.75) is 19.4 Å². The van der Waals surface area contributed by atoms with E-state index >= 15 is 0 Å². The molecule has 1 aliphatic rings. The molecule has 1 aromatic carbocycles. The largest absolute Gasteiger partial charge is 0.478 e. The van der Waals surface area contributed by atoms with Crippen LogP contribution in [0.2, 0.25) is 5.02 Å². The monoisotopic (exact) mass is 362 g/mol. The Balaban J connectivity index is 2.02. The summed E-state index contributed by atoms with van der Waals surface area (Å²) in [4.78, 5) is 21.7. The van der Waals surface area contributed by atoms with Crippen LogP contribution < -0.4 is 10.6 Å². The van der Waals surface area contributed by atoms with E-state index in [1.165, 1.54) is 6.07 Å². The summed E-state index contributed by atoms with van der Waals surface area (Å²) in [5.74, 6) is -0.0910. The van der Waals surface area contributed by atoms with Crippen molar-refractivity contribution in [3.8, 4) is 0 Å². The molecule has 1 aromatic heterocycles. The Morgan fingerprint density at radius 2 is 2.20 bits per heavy atom. The lowest BCUT2D eigenvalue weighted by molar-refractivity contribution is 0.0697. The van der Waals surface area contributed by atoms with Gasteiger partial charge in [-0.2, -0.15) is 4.98 Å². The molecule has 0 aliphatic carbocycles. The zero-order valence-corrected chi connectivity index (χ0v) is 14.5. The highest BCUT2D eigenvalue weighted by atomic mass is 35.5. The van der Waals surface area contributed by atoms with Gasteiger partial charge in [-0.15, -0.1) is 0 Å². The summed E-state index contributed by atoms with van der Waals surface area (Å²) in [6, 6.07) is 6.42. The normalized spacial score (nSPS) is 18.0. The second-order valence-electron chi connectivity index (χ2n) is 5.90. The molecule has 132 valence electrons. The van der Waals surface area contributed by atoms with Crippen LogP contribution in [0.15, 0.2) is 24.3 Å². The first-order valence-corrected chi connectivity index (χ1v) is 8.32. The van der Waals surface area contributed by atoms with Gasteiger partial charge < -0.3 is 20.5 Å². The number of carbonyl (C=O) groups is 1. The van der Waals surface area contributed by atoms with E-state index in [0.717, 1.165) is 24.2 Å². The van der Waals surface area contributed by atoms with Crippen molar-refractivity contribution < 1.29 is 14.6 Å². The first kappa shape index (κ1) is 17.4. The lowest BCUT2D eigenvalue weighted by Gasteiger charge is -2.31. The summed E-state index contributed by atoms with van der Waals surface area (Å²) < 4.78 is 5.72. The number of halogens is 1. The van der Waals surface area contributed by atoms with Gasteiger partial charge in [0.2, 0.25) is 5.95 Å². The number of ether oxygens (including phenoxy) is 1. The lowest BCUT2D eigenvalue weighted by Crippen LogP contribution is -2.32. The van der Waals surface area contributed by atoms with Gasteiger partial charge >= 0.3 is 5.97 Å². The second-order valence-corrected chi connectivity index (χ2v) is 6.31. The van der Waals surface area contributed by atoms with E-state index in [9.17, 15) is 4.79 Å². The zero-order valence-electron chi connectivity index (χ0n) is 13.8. The fraction of sp³-hybridized carbons (Fsp3) is 0.353. The predicted octanol–water partition coefficient (Wildman–Crippen LogP) is 2.69. The van der Waals surface area contributed by atoms with E-state index in [1.54, 1.807) is 12.1 Å². The number of aromatic nitrogens is 2. The molecule has 2 heterocycles. The summed E-state index contributed by atoms with van der Waals surface area (Å²) in [5, 5.41) is 9.51. The lowest BCUT2D eigenvalue weighted by atomic mass is 10.0. The molecular weight excluding hydrogens is 344 g/mol. The third-order valence-corrected chi connectivity index (χ3v) is 4.43. The van der Waals surface area contributed by atoms with Gasteiger partial charge in [-0.25, -0.2) is 9.78 Å². The van der Waals surface area contributed by atoms with Crippen LogP contribution in [0, 0.1) is 6.92 Å². The van der Waals surface area contributed by atoms with Crippen LogP contribution in [0.4, 0.5) is 11.8 Å². The topological polar surface area (TPSA) is 102 Å². The van der Waals surface area contributed by atoms with Crippen molar-refractivity contribution in [3.05, 3.63) is 46.1 Å². The van der Waals surface area contributed by atoms with Crippen molar-refractivity contribution >= 4 is 29.3 Å². The van der Waals surface area contributed by atoms with Crippen molar-refractivity contribution in [1.29, 1.82) is 0 Å². The zero-order chi connectivity index (χ0) is 18.0. The average molecular weight is 363 g/mol. The third kappa shape index (κ3) is 3.83. The van der Waals surface area contributed by atoms with Crippen LogP contribution in [-0.2, 0) is 4.74 Å². The summed E-state index contributed by atoms with van der Waals surface area (Å²) in [6.45, 7) is 3.64. The molecule has 0 spiro atoms. The Morgan fingerprint density at radius 1 is 1.40 bits per heavy atom. The van der Waals surface area contributed by atoms with Gasteiger partial charge in [-0.05, 0) is 31.0 Å². The third-order valence-electron chi connectivity index (χ3n) is 4.10. The number of aromatic carboxylic acids is 1. The predicted molar refractivity (Wildman–Crippen MR) is 95.1 cm³/mol. The minimum Gasteiger partial charge on any atom is -0.478 e. The van der Waals surface area contributed by atoms with Crippen LogP contribution in [-0.4, -0.2) is 40.8 Å². The van der Waals surface area contributed by atoms with E-state index in [4.69, 9.17) is 27.2 Å². The summed E-state index contributed by atoms with van der Waals surface area (Å²) in [6.07, 6.45) is 0.838. The molecule has 0 bridgehead atoms. The molecule has 1 atom stereocenters. The number of benzene rings is 1. The van der Waals surface area contributed by atoms with E-state index in [1.807, 2.05) is 13.0 Å². The van der Waals surface area contributed by atoms with Crippen molar-refractivity contribution in [2.75, 3.05) is 30.4 Å².